The zero-order chi connectivity index (χ0) is 7.68. The van der Waals surface area contributed by atoms with Crippen molar-refractivity contribution in [2.45, 2.75) is 18.9 Å². The van der Waals surface area contributed by atoms with Crippen LogP contribution in [0.15, 0.2) is 5.16 Å². The molecule has 4 heteroatoms. The smallest absolute Gasteiger partial charge is 0.137 e. The Labute approximate surface area is 74.3 Å². The molecule has 1 N–H and O–H groups in total. The van der Waals surface area contributed by atoms with Gasteiger partial charge >= 0.3 is 0 Å². The number of hydrogen-bond donors (Lipinski definition) is 1. The SMILES string of the molecule is BrC1=NOC(C2CCNC2)C1. The summed E-state index contributed by atoms with van der Waals surface area (Å²) in [5, 5.41) is 7.19. The van der Waals surface area contributed by atoms with Crippen molar-refractivity contribution in [3.63, 3.8) is 0 Å². The van der Waals surface area contributed by atoms with Crippen LogP contribution in [-0.2, 0) is 4.84 Å². The molecule has 0 spiro atoms. The van der Waals surface area contributed by atoms with Gasteiger partial charge in [0.2, 0.25) is 0 Å². The highest BCUT2D eigenvalue weighted by Gasteiger charge is 2.30. The molecule has 0 bridgehead atoms. The molecule has 2 aliphatic rings. The van der Waals surface area contributed by atoms with E-state index in [1.54, 1.807) is 0 Å². The molecule has 1 fully saturated rings. The third-order valence-corrected chi connectivity index (χ3v) is 2.75. The molecule has 2 atom stereocenters. The maximum absolute atomic E-state index is 5.25. The largest absolute Gasteiger partial charge is 0.391 e. The van der Waals surface area contributed by atoms with Crippen molar-refractivity contribution in [3.8, 4) is 0 Å². The molecule has 0 aromatic heterocycles. The molecule has 0 aliphatic carbocycles. The molecule has 0 amide bonds. The van der Waals surface area contributed by atoms with Crippen LogP contribution in [0.5, 0.6) is 0 Å². The number of oxime groups is 1. The quantitative estimate of drug-likeness (QED) is 0.716. The van der Waals surface area contributed by atoms with Gasteiger partial charge in [0.1, 0.15) is 10.7 Å². The molecule has 2 aliphatic heterocycles. The van der Waals surface area contributed by atoms with Gasteiger partial charge in [-0.3, -0.25) is 0 Å². The molecule has 62 valence electrons. The summed E-state index contributed by atoms with van der Waals surface area (Å²) in [4.78, 5) is 5.25. The van der Waals surface area contributed by atoms with Gasteiger partial charge in [0.15, 0.2) is 0 Å². The van der Waals surface area contributed by atoms with Gasteiger partial charge in [-0.25, -0.2) is 0 Å². The number of nitrogens with zero attached hydrogens (tertiary/aromatic N) is 1. The van der Waals surface area contributed by atoms with Crippen molar-refractivity contribution in [2.75, 3.05) is 13.1 Å². The first-order valence-electron chi connectivity index (χ1n) is 3.95. The average Bonchev–Trinajstić information content (AvgIpc) is 2.55. The Balaban J connectivity index is 1.88. The molecule has 0 radical (unpaired) electrons. The fourth-order valence-corrected chi connectivity index (χ4v) is 2.02. The minimum absolute atomic E-state index is 0.319. The minimum Gasteiger partial charge on any atom is -0.391 e. The van der Waals surface area contributed by atoms with Crippen LogP contribution in [0.25, 0.3) is 0 Å². The Morgan fingerprint density at radius 1 is 1.64 bits per heavy atom. The van der Waals surface area contributed by atoms with Crippen molar-refractivity contribution in [2.24, 2.45) is 11.1 Å². The van der Waals surface area contributed by atoms with E-state index in [-0.39, 0.29) is 0 Å². The standard InChI is InChI=1S/C7H11BrN2O/c8-7-3-6(11-10-7)5-1-2-9-4-5/h5-6,9H,1-4H2. The van der Waals surface area contributed by atoms with E-state index < -0.39 is 0 Å². The summed E-state index contributed by atoms with van der Waals surface area (Å²) >= 11 is 3.33. The maximum Gasteiger partial charge on any atom is 0.137 e. The van der Waals surface area contributed by atoms with E-state index in [2.05, 4.69) is 26.4 Å². The molecule has 11 heavy (non-hydrogen) atoms. The molecule has 0 aromatic carbocycles. The summed E-state index contributed by atoms with van der Waals surface area (Å²) < 4.78 is 0.953. The Kier molecular flexibility index (Phi) is 2.13. The van der Waals surface area contributed by atoms with Crippen molar-refractivity contribution < 1.29 is 4.84 Å². The molecule has 0 saturated carbocycles. The van der Waals surface area contributed by atoms with Crippen molar-refractivity contribution in [1.82, 2.24) is 5.32 Å². The monoisotopic (exact) mass is 218 g/mol. The van der Waals surface area contributed by atoms with Crippen LogP contribution in [0.3, 0.4) is 0 Å². The van der Waals surface area contributed by atoms with Crippen LogP contribution in [-0.4, -0.2) is 23.8 Å². The molecular formula is C7H11BrN2O. The van der Waals surface area contributed by atoms with Gasteiger partial charge in [-0.1, -0.05) is 5.16 Å². The van der Waals surface area contributed by atoms with E-state index in [9.17, 15) is 0 Å². The first kappa shape index (κ1) is 7.55. The highest BCUT2D eigenvalue weighted by molar-refractivity contribution is 9.18. The fraction of sp³-hybridized carbons (Fsp3) is 0.857. The zero-order valence-electron chi connectivity index (χ0n) is 6.22. The molecule has 2 unspecified atom stereocenters. The number of nitrogens with one attached hydrogen (secondary N) is 1. The van der Waals surface area contributed by atoms with E-state index >= 15 is 0 Å². The molecule has 2 heterocycles. The van der Waals surface area contributed by atoms with Gasteiger partial charge in [-0.2, -0.15) is 0 Å². The topological polar surface area (TPSA) is 33.6 Å². The Bertz CT molecular complexity index is 177. The first-order chi connectivity index (χ1) is 5.36. The van der Waals surface area contributed by atoms with Gasteiger partial charge in [-0.15, -0.1) is 0 Å². The lowest BCUT2D eigenvalue weighted by molar-refractivity contribution is 0.0467. The predicted octanol–water partition coefficient (Wildman–Crippen LogP) is 1.09. The second-order valence-corrected chi connectivity index (χ2v) is 3.98. The Morgan fingerprint density at radius 2 is 2.55 bits per heavy atom. The minimum atomic E-state index is 0.319. The van der Waals surface area contributed by atoms with E-state index in [1.807, 2.05) is 0 Å². The van der Waals surface area contributed by atoms with Crippen LogP contribution < -0.4 is 5.32 Å². The molecular weight excluding hydrogens is 208 g/mol. The highest BCUT2D eigenvalue weighted by atomic mass is 79.9. The maximum atomic E-state index is 5.25. The van der Waals surface area contributed by atoms with Gasteiger partial charge in [0.05, 0.1) is 0 Å². The normalized spacial score (nSPS) is 37.0. The molecule has 0 aromatic rings. The van der Waals surface area contributed by atoms with E-state index in [1.165, 1.54) is 6.42 Å². The molecule has 1 saturated heterocycles. The lowest BCUT2D eigenvalue weighted by Crippen LogP contribution is -2.22. The van der Waals surface area contributed by atoms with E-state index in [0.29, 0.717) is 12.0 Å². The third kappa shape index (κ3) is 1.56. The van der Waals surface area contributed by atoms with Gasteiger partial charge in [0.25, 0.3) is 0 Å². The number of hydrogen-bond acceptors (Lipinski definition) is 3. The van der Waals surface area contributed by atoms with Gasteiger partial charge in [-0.05, 0) is 28.9 Å². The molecule has 2 rings (SSSR count). The lowest BCUT2D eigenvalue weighted by atomic mass is 10.00. The van der Waals surface area contributed by atoms with Crippen molar-refractivity contribution in [1.29, 1.82) is 0 Å². The van der Waals surface area contributed by atoms with E-state index in [4.69, 9.17) is 4.84 Å². The number of halogens is 1. The zero-order valence-corrected chi connectivity index (χ0v) is 7.80. The Morgan fingerprint density at radius 3 is 3.09 bits per heavy atom. The second kappa shape index (κ2) is 3.11. The predicted molar refractivity (Wildman–Crippen MR) is 46.8 cm³/mol. The highest BCUT2D eigenvalue weighted by Crippen LogP contribution is 2.24. The fourth-order valence-electron chi connectivity index (χ4n) is 1.61. The third-order valence-electron chi connectivity index (χ3n) is 2.28. The second-order valence-electron chi connectivity index (χ2n) is 3.07. The van der Waals surface area contributed by atoms with Crippen molar-refractivity contribution in [3.05, 3.63) is 0 Å². The summed E-state index contributed by atoms with van der Waals surface area (Å²) in [5.74, 6) is 0.661. The average molecular weight is 219 g/mol. The summed E-state index contributed by atoms with van der Waals surface area (Å²) in [7, 11) is 0. The molecule has 3 nitrogen and oxygen atoms in total. The Hall–Kier alpha value is -0.0900. The lowest BCUT2D eigenvalue weighted by Gasteiger charge is -2.13. The van der Waals surface area contributed by atoms with Gasteiger partial charge < -0.3 is 10.2 Å². The van der Waals surface area contributed by atoms with Crippen LogP contribution in [0.2, 0.25) is 0 Å². The first-order valence-corrected chi connectivity index (χ1v) is 4.74. The van der Waals surface area contributed by atoms with Crippen LogP contribution in [0, 0.1) is 5.92 Å². The summed E-state index contributed by atoms with van der Waals surface area (Å²) in [6.45, 7) is 2.21. The van der Waals surface area contributed by atoms with Crippen molar-refractivity contribution >= 4 is 20.6 Å². The summed E-state index contributed by atoms with van der Waals surface area (Å²) in [5.41, 5.74) is 0. The summed E-state index contributed by atoms with van der Waals surface area (Å²) in [6.07, 6.45) is 2.49. The van der Waals surface area contributed by atoms with Crippen LogP contribution >= 0.6 is 15.9 Å². The number of rotatable bonds is 1. The van der Waals surface area contributed by atoms with E-state index in [0.717, 1.165) is 24.1 Å². The summed E-state index contributed by atoms with van der Waals surface area (Å²) in [6, 6.07) is 0. The van der Waals surface area contributed by atoms with Crippen LogP contribution in [0.1, 0.15) is 12.8 Å². The van der Waals surface area contributed by atoms with Gasteiger partial charge in [0, 0.05) is 18.9 Å². The van der Waals surface area contributed by atoms with Crippen LogP contribution in [0.4, 0.5) is 0 Å².